The predicted octanol–water partition coefficient (Wildman–Crippen LogP) is 12.0. The molecule has 0 heterocycles. The maximum Gasteiger partial charge on any atom is 0.472 e. The molecule has 0 aromatic heterocycles. The molecule has 0 spiro atoms. The second-order valence-corrected chi connectivity index (χ2v) is 17.9. The number of nitrogens with one attached hydrogen (secondary N) is 1. The first-order valence-electron chi connectivity index (χ1n) is 22.1. The van der Waals surface area contributed by atoms with E-state index in [0.29, 0.717) is 17.4 Å². The Hall–Kier alpha value is -0.760. The van der Waals surface area contributed by atoms with Crippen LogP contribution in [0.2, 0.25) is 0 Å². The lowest BCUT2D eigenvalue weighted by molar-refractivity contribution is -0.870. The summed E-state index contributed by atoms with van der Waals surface area (Å²) in [6, 6.07) is -0.838. The fourth-order valence-corrected chi connectivity index (χ4v) is 7.19. The van der Waals surface area contributed by atoms with E-state index >= 15 is 0 Å². The molecule has 3 N–H and O–H groups in total. The normalized spacial score (nSPS) is 14.5. The van der Waals surface area contributed by atoms with E-state index in [4.69, 9.17) is 9.05 Å². The average molecular weight is 760 g/mol. The lowest BCUT2D eigenvalue weighted by Crippen LogP contribution is -2.45. The van der Waals surface area contributed by atoms with Crippen LogP contribution in [-0.4, -0.2) is 73.4 Å². The minimum absolute atomic E-state index is 0.0645. The molecule has 0 aromatic rings. The number of phosphoric ester groups is 1. The summed E-state index contributed by atoms with van der Waals surface area (Å²) in [4.78, 5) is 23.1. The number of aliphatic hydroxyl groups excluding tert-OH is 1. The first-order valence-corrected chi connectivity index (χ1v) is 23.6. The van der Waals surface area contributed by atoms with Gasteiger partial charge in [-0.2, -0.15) is 0 Å². The molecule has 1 unspecified atom stereocenters. The summed E-state index contributed by atoms with van der Waals surface area (Å²) >= 11 is 0. The lowest BCUT2D eigenvalue weighted by atomic mass is 10.0. The highest BCUT2D eigenvalue weighted by molar-refractivity contribution is 7.47. The van der Waals surface area contributed by atoms with Crippen LogP contribution in [0.3, 0.4) is 0 Å². The predicted molar refractivity (Wildman–Crippen MR) is 222 cm³/mol. The number of allylic oxidation sites excluding steroid dienone is 1. The first kappa shape index (κ1) is 51.2. The summed E-state index contributed by atoms with van der Waals surface area (Å²) in [6.07, 6.45) is 39.9. The molecule has 0 aliphatic rings. The van der Waals surface area contributed by atoms with Crippen molar-refractivity contribution in [2.45, 2.75) is 219 Å². The van der Waals surface area contributed by atoms with Crippen LogP contribution in [0.25, 0.3) is 0 Å². The van der Waals surface area contributed by atoms with Crippen molar-refractivity contribution in [1.29, 1.82) is 0 Å². The van der Waals surface area contributed by atoms with E-state index in [1.165, 1.54) is 148 Å². The fourth-order valence-electron chi connectivity index (χ4n) is 6.45. The number of aliphatic hydroxyl groups is 1. The number of amides is 1. The largest absolute Gasteiger partial charge is 0.472 e. The van der Waals surface area contributed by atoms with Gasteiger partial charge in [-0.05, 0) is 19.3 Å². The highest BCUT2D eigenvalue weighted by atomic mass is 31.2. The smallest absolute Gasteiger partial charge is 0.387 e. The maximum absolute atomic E-state index is 12.8. The van der Waals surface area contributed by atoms with Gasteiger partial charge in [0, 0.05) is 6.42 Å². The molecule has 1 amide bonds. The Morgan fingerprint density at radius 2 is 1.02 bits per heavy atom. The van der Waals surface area contributed by atoms with Crippen molar-refractivity contribution < 1.29 is 32.9 Å². The van der Waals surface area contributed by atoms with Crippen LogP contribution in [0.4, 0.5) is 0 Å². The number of carbonyl (C=O) groups excluding carboxylic acids is 1. The SMILES string of the molecule is CCCCCCCCCCCC/C=C/[C@@H](O)[C@H](COP(=O)(O)OCC[N+](C)(C)C)NC(=O)CCCCCCCCCCCCCCCCCCCC. The zero-order valence-electron chi connectivity index (χ0n) is 35.1. The Morgan fingerprint density at radius 1 is 0.635 bits per heavy atom. The summed E-state index contributed by atoms with van der Waals surface area (Å²) in [5.41, 5.74) is 0. The molecule has 0 radical (unpaired) electrons. The number of unbranched alkanes of at least 4 members (excludes halogenated alkanes) is 27. The summed E-state index contributed by atoms with van der Waals surface area (Å²) < 4.78 is 23.5. The van der Waals surface area contributed by atoms with Crippen molar-refractivity contribution >= 4 is 13.7 Å². The molecule has 0 aliphatic heterocycles. The summed E-state index contributed by atoms with van der Waals surface area (Å²) in [6.45, 7) is 4.82. The first-order chi connectivity index (χ1) is 25.0. The third kappa shape index (κ3) is 37.6. The summed E-state index contributed by atoms with van der Waals surface area (Å²) in [5.74, 6) is -0.175. The topological polar surface area (TPSA) is 105 Å². The molecule has 9 heteroatoms. The molecule has 310 valence electrons. The Kier molecular flexibility index (Phi) is 35.4. The van der Waals surface area contributed by atoms with E-state index in [1.54, 1.807) is 6.08 Å². The van der Waals surface area contributed by atoms with Gasteiger partial charge >= 0.3 is 7.82 Å². The fraction of sp³-hybridized carbons (Fsp3) is 0.930. The van der Waals surface area contributed by atoms with Gasteiger partial charge in [0.25, 0.3) is 0 Å². The Morgan fingerprint density at radius 3 is 1.42 bits per heavy atom. The van der Waals surface area contributed by atoms with Gasteiger partial charge in [-0.25, -0.2) is 4.57 Å². The molecule has 3 atom stereocenters. The number of nitrogens with zero attached hydrogens (tertiary/aromatic N) is 1. The lowest BCUT2D eigenvalue weighted by Gasteiger charge is -2.25. The number of phosphoric acid groups is 1. The highest BCUT2D eigenvalue weighted by Gasteiger charge is 2.27. The van der Waals surface area contributed by atoms with Gasteiger partial charge < -0.3 is 19.8 Å². The third-order valence-electron chi connectivity index (χ3n) is 10.0. The molecule has 0 saturated heterocycles. The Balaban J connectivity index is 4.35. The summed E-state index contributed by atoms with van der Waals surface area (Å²) in [5, 5.41) is 13.8. The van der Waals surface area contributed by atoms with Gasteiger partial charge in [0.2, 0.25) is 5.91 Å². The molecule has 0 aliphatic carbocycles. The number of hydrogen-bond acceptors (Lipinski definition) is 5. The van der Waals surface area contributed by atoms with Crippen LogP contribution < -0.4 is 5.32 Å². The van der Waals surface area contributed by atoms with E-state index in [0.717, 1.165) is 38.5 Å². The van der Waals surface area contributed by atoms with Gasteiger partial charge in [0.1, 0.15) is 13.2 Å². The number of rotatable bonds is 40. The van der Waals surface area contributed by atoms with Gasteiger partial charge in [-0.1, -0.05) is 193 Å². The van der Waals surface area contributed by atoms with Gasteiger partial charge in [0.15, 0.2) is 0 Å². The van der Waals surface area contributed by atoms with Crippen LogP contribution in [-0.2, 0) is 18.4 Å². The number of likely N-dealkylation sites (N-methyl/N-ethyl adjacent to an activating group) is 1. The van der Waals surface area contributed by atoms with E-state index in [1.807, 2.05) is 27.2 Å². The Bertz CT molecular complexity index is 865. The average Bonchev–Trinajstić information content (AvgIpc) is 3.09. The Labute approximate surface area is 322 Å². The van der Waals surface area contributed by atoms with Crippen molar-refractivity contribution in [1.82, 2.24) is 5.32 Å². The molecule has 8 nitrogen and oxygen atoms in total. The minimum Gasteiger partial charge on any atom is -0.387 e. The van der Waals surface area contributed by atoms with Crippen LogP contribution in [0.15, 0.2) is 12.2 Å². The molecular formula is C43H88N2O6P+. The van der Waals surface area contributed by atoms with Crippen molar-refractivity contribution in [3.05, 3.63) is 12.2 Å². The quantitative estimate of drug-likeness (QED) is 0.0249. The molecule has 0 saturated carbocycles. The third-order valence-corrected chi connectivity index (χ3v) is 11.0. The minimum atomic E-state index is -4.33. The van der Waals surface area contributed by atoms with Gasteiger partial charge in [-0.3, -0.25) is 13.8 Å². The standard InChI is InChI=1S/C43H87N2O6P/c1-6-8-10-12-14-16-18-20-21-22-23-24-25-27-29-31-33-35-37-43(47)44-41(40-51-52(48,49)50-39-38-45(3,4)5)42(46)36-34-32-30-28-26-19-17-15-13-11-9-7-2/h34,36,41-42,46H,6-33,35,37-40H2,1-5H3,(H-,44,47,48,49)/p+1/b36-34+/t41-,42+/m0/s1. The molecular weight excluding hydrogens is 671 g/mol. The maximum atomic E-state index is 12.8. The molecule has 52 heavy (non-hydrogen) atoms. The zero-order valence-corrected chi connectivity index (χ0v) is 36.0. The van der Waals surface area contributed by atoms with Crippen molar-refractivity contribution in [2.75, 3.05) is 40.9 Å². The van der Waals surface area contributed by atoms with Crippen LogP contribution >= 0.6 is 7.82 Å². The van der Waals surface area contributed by atoms with E-state index in [2.05, 4.69) is 19.2 Å². The van der Waals surface area contributed by atoms with Crippen molar-refractivity contribution in [2.24, 2.45) is 0 Å². The van der Waals surface area contributed by atoms with E-state index < -0.39 is 20.0 Å². The van der Waals surface area contributed by atoms with Gasteiger partial charge in [-0.15, -0.1) is 0 Å². The molecule has 0 aromatic carbocycles. The van der Waals surface area contributed by atoms with Crippen molar-refractivity contribution in [3.8, 4) is 0 Å². The van der Waals surface area contributed by atoms with Crippen molar-refractivity contribution in [3.63, 3.8) is 0 Å². The molecule has 0 bridgehead atoms. The van der Waals surface area contributed by atoms with Crippen LogP contribution in [0.5, 0.6) is 0 Å². The summed E-state index contributed by atoms with van der Waals surface area (Å²) in [7, 11) is 1.58. The zero-order chi connectivity index (χ0) is 38.6. The molecule has 0 fully saturated rings. The second-order valence-electron chi connectivity index (χ2n) is 16.4. The highest BCUT2D eigenvalue weighted by Crippen LogP contribution is 2.43. The van der Waals surface area contributed by atoms with E-state index in [9.17, 15) is 19.4 Å². The monoisotopic (exact) mass is 760 g/mol. The van der Waals surface area contributed by atoms with Gasteiger partial charge in [0.05, 0.1) is 39.9 Å². The number of quaternary nitrogens is 1. The van der Waals surface area contributed by atoms with E-state index in [-0.39, 0.29) is 19.1 Å². The number of hydrogen-bond donors (Lipinski definition) is 3. The second kappa shape index (κ2) is 35.9. The van der Waals surface area contributed by atoms with Crippen LogP contribution in [0, 0.1) is 0 Å². The van der Waals surface area contributed by atoms with Crippen LogP contribution in [0.1, 0.15) is 206 Å². The molecule has 0 rings (SSSR count). The number of carbonyl (C=O) groups is 1.